The Balaban J connectivity index is 2.46. The van der Waals surface area contributed by atoms with Crippen molar-refractivity contribution in [3.8, 4) is 0 Å². The van der Waals surface area contributed by atoms with Gasteiger partial charge in [-0.2, -0.15) is 4.99 Å². The molecule has 1 aromatic heterocycles. The molecule has 0 spiro atoms. The van der Waals surface area contributed by atoms with Gasteiger partial charge in [-0.05, 0) is 31.5 Å². The minimum Gasteiger partial charge on any atom is -0.380 e. The van der Waals surface area contributed by atoms with Crippen LogP contribution in [0.25, 0.3) is 10.2 Å². The Morgan fingerprint density at radius 3 is 2.95 bits per heavy atom. The molecule has 2 rings (SSSR count). The normalized spacial score (nSPS) is 12.2. The van der Waals surface area contributed by atoms with Gasteiger partial charge in [0.15, 0.2) is 4.80 Å². The van der Waals surface area contributed by atoms with Crippen molar-refractivity contribution in [3.05, 3.63) is 28.0 Å². The van der Waals surface area contributed by atoms with Crippen molar-refractivity contribution in [2.75, 3.05) is 13.2 Å². The average Bonchev–Trinajstić information content (AvgIpc) is 2.76. The molecule has 114 valence electrons. The van der Waals surface area contributed by atoms with Crippen molar-refractivity contribution < 1.29 is 9.53 Å². The number of thiazole rings is 1. The van der Waals surface area contributed by atoms with Crippen LogP contribution in [-0.2, 0) is 16.1 Å². The van der Waals surface area contributed by atoms with E-state index in [2.05, 4.69) is 4.99 Å². The van der Waals surface area contributed by atoms with Crippen LogP contribution in [0.15, 0.2) is 23.2 Å². The number of aromatic nitrogens is 1. The van der Waals surface area contributed by atoms with Crippen LogP contribution in [0.2, 0.25) is 5.02 Å². The molecular weight excluding hydrogens is 308 g/mol. The summed E-state index contributed by atoms with van der Waals surface area (Å²) in [4.78, 5) is 16.8. The molecule has 0 fully saturated rings. The summed E-state index contributed by atoms with van der Waals surface area (Å²) in [6, 6.07) is 5.72. The molecule has 0 bridgehead atoms. The molecule has 0 saturated carbocycles. The second kappa shape index (κ2) is 7.73. The van der Waals surface area contributed by atoms with Crippen LogP contribution >= 0.6 is 22.9 Å². The third-order valence-corrected chi connectivity index (χ3v) is 4.27. The van der Waals surface area contributed by atoms with Gasteiger partial charge in [0.1, 0.15) is 0 Å². The van der Waals surface area contributed by atoms with E-state index >= 15 is 0 Å². The number of hydrogen-bond donors (Lipinski definition) is 0. The lowest BCUT2D eigenvalue weighted by Gasteiger charge is -2.05. The number of rotatable bonds is 6. The van der Waals surface area contributed by atoms with Crippen LogP contribution in [0.4, 0.5) is 0 Å². The van der Waals surface area contributed by atoms with Gasteiger partial charge in [-0.1, -0.05) is 29.9 Å². The molecule has 0 atom stereocenters. The Labute approximate surface area is 133 Å². The van der Waals surface area contributed by atoms with Gasteiger partial charge in [-0.3, -0.25) is 4.79 Å². The molecule has 1 amide bonds. The fraction of sp³-hybridized carbons (Fsp3) is 0.467. The average molecular weight is 327 g/mol. The summed E-state index contributed by atoms with van der Waals surface area (Å²) >= 11 is 7.52. The molecule has 21 heavy (non-hydrogen) atoms. The first-order valence-electron chi connectivity index (χ1n) is 7.10. The highest BCUT2D eigenvalue weighted by Crippen LogP contribution is 2.21. The Hall–Kier alpha value is -1.17. The van der Waals surface area contributed by atoms with Gasteiger partial charge in [0.05, 0.1) is 16.8 Å². The SMILES string of the molecule is CCCC(=O)N=c1sc2cc(Cl)ccc2n1CCOCC. The number of hydrogen-bond acceptors (Lipinski definition) is 3. The number of fused-ring (bicyclic) bond motifs is 1. The lowest BCUT2D eigenvalue weighted by atomic mass is 10.3. The summed E-state index contributed by atoms with van der Waals surface area (Å²) in [6.07, 6.45) is 1.28. The van der Waals surface area contributed by atoms with E-state index < -0.39 is 0 Å². The number of halogens is 1. The molecule has 1 aromatic carbocycles. The third-order valence-electron chi connectivity index (χ3n) is 2.99. The quantitative estimate of drug-likeness (QED) is 0.761. The Bertz CT molecular complexity index is 691. The molecule has 0 aliphatic carbocycles. The summed E-state index contributed by atoms with van der Waals surface area (Å²) in [5, 5.41) is 0.687. The van der Waals surface area contributed by atoms with Gasteiger partial charge in [0.2, 0.25) is 5.91 Å². The van der Waals surface area contributed by atoms with E-state index in [-0.39, 0.29) is 5.91 Å². The van der Waals surface area contributed by atoms with Crippen LogP contribution in [0.1, 0.15) is 26.7 Å². The monoisotopic (exact) mass is 326 g/mol. The van der Waals surface area contributed by atoms with Gasteiger partial charge in [-0.15, -0.1) is 0 Å². The number of nitrogens with zero attached hydrogens (tertiary/aromatic N) is 2. The van der Waals surface area contributed by atoms with Crippen LogP contribution in [-0.4, -0.2) is 23.7 Å². The molecule has 6 heteroatoms. The standard InChI is InChI=1S/C15H19ClN2O2S/c1-3-5-14(19)17-15-18(8-9-20-4-2)12-7-6-11(16)10-13(12)21-15/h6-7,10H,3-5,8-9H2,1-2H3. The molecule has 0 aliphatic heterocycles. The first kappa shape index (κ1) is 16.2. The zero-order valence-electron chi connectivity index (χ0n) is 12.3. The van der Waals surface area contributed by atoms with Crippen molar-refractivity contribution in [2.24, 2.45) is 4.99 Å². The van der Waals surface area contributed by atoms with Gasteiger partial charge >= 0.3 is 0 Å². The minimum atomic E-state index is -0.0830. The fourth-order valence-corrected chi connectivity index (χ4v) is 3.37. The van der Waals surface area contributed by atoms with Crippen LogP contribution in [0.5, 0.6) is 0 Å². The van der Waals surface area contributed by atoms with Crippen molar-refractivity contribution >= 4 is 39.1 Å². The molecule has 0 N–H and O–H groups in total. The Morgan fingerprint density at radius 1 is 1.43 bits per heavy atom. The fourth-order valence-electron chi connectivity index (χ4n) is 2.03. The molecule has 0 radical (unpaired) electrons. The van der Waals surface area contributed by atoms with E-state index in [0.29, 0.717) is 36.0 Å². The van der Waals surface area contributed by atoms with Crippen LogP contribution in [0, 0.1) is 0 Å². The van der Waals surface area contributed by atoms with E-state index in [1.807, 2.05) is 36.6 Å². The first-order valence-corrected chi connectivity index (χ1v) is 8.29. The van der Waals surface area contributed by atoms with Crippen LogP contribution < -0.4 is 4.80 Å². The number of amides is 1. The smallest absolute Gasteiger partial charge is 0.248 e. The van der Waals surface area contributed by atoms with E-state index in [0.717, 1.165) is 16.6 Å². The zero-order chi connectivity index (χ0) is 15.2. The molecule has 1 heterocycles. The predicted octanol–water partition coefficient (Wildman–Crippen LogP) is 3.62. The predicted molar refractivity (Wildman–Crippen MR) is 86.8 cm³/mol. The first-order chi connectivity index (χ1) is 10.2. The Morgan fingerprint density at radius 2 is 2.24 bits per heavy atom. The maximum Gasteiger partial charge on any atom is 0.248 e. The molecule has 2 aromatic rings. The second-order valence-electron chi connectivity index (χ2n) is 4.60. The zero-order valence-corrected chi connectivity index (χ0v) is 13.8. The molecule has 4 nitrogen and oxygen atoms in total. The number of benzene rings is 1. The summed E-state index contributed by atoms with van der Waals surface area (Å²) in [6.45, 7) is 5.89. The van der Waals surface area contributed by atoms with E-state index in [9.17, 15) is 4.79 Å². The van der Waals surface area contributed by atoms with Crippen molar-refractivity contribution in [1.29, 1.82) is 0 Å². The summed E-state index contributed by atoms with van der Waals surface area (Å²) in [7, 11) is 0. The molecular formula is C15H19ClN2O2S. The third kappa shape index (κ3) is 4.15. The topological polar surface area (TPSA) is 43.6 Å². The van der Waals surface area contributed by atoms with Gasteiger partial charge in [0.25, 0.3) is 0 Å². The molecule has 0 saturated heterocycles. The summed E-state index contributed by atoms with van der Waals surface area (Å²) in [5.74, 6) is -0.0830. The van der Waals surface area contributed by atoms with Gasteiger partial charge in [-0.25, -0.2) is 0 Å². The number of carbonyl (C=O) groups excluding carboxylic acids is 1. The van der Waals surface area contributed by atoms with E-state index in [1.165, 1.54) is 11.3 Å². The summed E-state index contributed by atoms with van der Waals surface area (Å²) < 4.78 is 8.48. The molecule has 0 aliphatic rings. The maximum atomic E-state index is 11.8. The van der Waals surface area contributed by atoms with Crippen molar-refractivity contribution in [3.63, 3.8) is 0 Å². The highest BCUT2D eigenvalue weighted by Gasteiger charge is 2.08. The largest absolute Gasteiger partial charge is 0.380 e. The van der Waals surface area contributed by atoms with Crippen molar-refractivity contribution in [2.45, 2.75) is 33.2 Å². The van der Waals surface area contributed by atoms with E-state index in [4.69, 9.17) is 16.3 Å². The maximum absolute atomic E-state index is 11.8. The highest BCUT2D eigenvalue weighted by molar-refractivity contribution is 7.16. The van der Waals surface area contributed by atoms with Crippen LogP contribution in [0.3, 0.4) is 0 Å². The van der Waals surface area contributed by atoms with E-state index in [1.54, 1.807) is 0 Å². The summed E-state index contributed by atoms with van der Waals surface area (Å²) in [5.41, 5.74) is 1.03. The number of carbonyl (C=O) groups is 1. The lowest BCUT2D eigenvalue weighted by molar-refractivity contribution is -0.118. The minimum absolute atomic E-state index is 0.0830. The van der Waals surface area contributed by atoms with Crippen molar-refractivity contribution in [1.82, 2.24) is 4.57 Å². The van der Waals surface area contributed by atoms with Gasteiger partial charge < -0.3 is 9.30 Å². The van der Waals surface area contributed by atoms with Gasteiger partial charge in [0, 0.05) is 24.6 Å². The lowest BCUT2D eigenvalue weighted by Crippen LogP contribution is -2.19. The Kier molecular flexibility index (Phi) is 5.96. The second-order valence-corrected chi connectivity index (χ2v) is 6.05. The number of ether oxygens (including phenoxy) is 1. The highest BCUT2D eigenvalue weighted by atomic mass is 35.5. The molecule has 0 unspecified atom stereocenters.